The van der Waals surface area contributed by atoms with Crippen LogP contribution < -0.4 is 5.32 Å². The predicted molar refractivity (Wildman–Crippen MR) is 113 cm³/mol. The minimum absolute atomic E-state index is 0.325. The van der Waals surface area contributed by atoms with E-state index in [4.69, 9.17) is 4.74 Å². The van der Waals surface area contributed by atoms with Gasteiger partial charge in [-0.2, -0.15) is 0 Å². The number of pyridine rings is 1. The number of carbonyl (C=O) groups is 2. The Morgan fingerprint density at radius 1 is 0.931 bits per heavy atom. The molecule has 1 N–H and O–H groups in total. The van der Waals surface area contributed by atoms with Crippen LogP contribution in [0.25, 0.3) is 21.5 Å². The number of hydrogen-bond donors (Lipinski definition) is 1. The SMILES string of the molecule is COC(=O)[C@@H](Cc1c2ccccc2cc2ccccc12)NC(=O)c1ccncc1. The van der Waals surface area contributed by atoms with Crippen molar-refractivity contribution in [2.75, 3.05) is 7.11 Å². The van der Waals surface area contributed by atoms with Crippen molar-refractivity contribution in [2.24, 2.45) is 0 Å². The van der Waals surface area contributed by atoms with Crippen LogP contribution in [0.2, 0.25) is 0 Å². The van der Waals surface area contributed by atoms with Crippen LogP contribution in [0.4, 0.5) is 0 Å². The number of rotatable bonds is 5. The van der Waals surface area contributed by atoms with E-state index in [9.17, 15) is 9.59 Å². The van der Waals surface area contributed by atoms with Gasteiger partial charge >= 0.3 is 5.97 Å². The van der Waals surface area contributed by atoms with Gasteiger partial charge in [0, 0.05) is 24.4 Å². The van der Waals surface area contributed by atoms with Gasteiger partial charge < -0.3 is 10.1 Å². The fraction of sp³-hybridized carbons (Fsp3) is 0.125. The Hall–Kier alpha value is -3.73. The lowest BCUT2D eigenvalue weighted by Gasteiger charge is -2.19. The second-order valence-electron chi connectivity index (χ2n) is 6.79. The molecular formula is C24H20N2O3. The monoisotopic (exact) mass is 384 g/mol. The molecule has 0 spiro atoms. The van der Waals surface area contributed by atoms with Gasteiger partial charge in [-0.05, 0) is 45.3 Å². The highest BCUT2D eigenvalue weighted by Crippen LogP contribution is 2.29. The summed E-state index contributed by atoms with van der Waals surface area (Å²) in [4.78, 5) is 29.1. The largest absolute Gasteiger partial charge is 0.467 e. The van der Waals surface area contributed by atoms with Gasteiger partial charge in [-0.3, -0.25) is 9.78 Å². The number of esters is 1. The van der Waals surface area contributed by atoms with Crippen molar-refractivity contribution >= 4 is 33.4 Å². The summed E-state index contributed by atoms with van der Waals surface area (Å²) >= 11 is 0. The molecule has 0 aliphatic carbocycles. The average molecular weight is 384 g/mol. The topological polar surface area (TPSA) is 68.3 Å². The van der Waals surface area contributed by atoms with Gasteiger partial charge in [0.25, 0.3) is 5.91 Å². The van der Waals surface area contributed by atoms with E-state index in [2.05, 4.69) is 16.4 Å². The summed E-state index contributed by atoms with van der Waals surface area (Å²) in [5.41, 5.74) is 1.45. The molecular weight excluding hydrogens is 364 g/mol. The van der Waals surface area contributed by atoms with E-state index in [1.807, 2.05) is 48.5 Å². The van der Waals surface area contributed by atoms with Crippen molar-refractivity contribution < 1.29 is 14.3 Å². The van der Waals surface area contributed by atoms with Crippen LogP contribution >= 0.6 is 0 Å². The summed E-state index contributed by atoms with van der Waals surface area (Å²) in [5, 5.41) is 7.10. The predicted octanol–water partition coefficient (Wildman–Crippen LogP) is 3.90. The van der Waals surface area contributed by atoms with Crippen molar-refractivity contribution in [1.82, 2.24) is 10.3 Å². The molecule has 5 nitrogen and oxygen atoms in total. The van der Waals surface area contributed by atoms with Crippen molar-refractivity contribution in [2.45, 2.75) is 12.5 Å². The number of carbonyl (C=O) groups excluding carboxylic acids is 2. The highest BCUT2D eigenvalue weighted by atomic mass is 16.5. The molecule has 0 aliphatic heterocycles. The molecule has 0 radical (unpaired) electrons. The third-order valence-electron chi connectivity index (χ3n) is 5.02. The number of ether oxygens (including phenoxy) is 1. The molecule has 29 heavy (non-hydrogen) atoms. The Morgan fingerprint density at radius 3 is 2.10 bits per heavy atom. The third kappa shape index (κ3) is 3.80. The molecule has 0 saturated heterocycles. The summed E-state index contributed by atoms with van der Waals surface area (Å²) in [6, 6.07) is 20.6. The summed E-state index contributed by atoms with van der Waals surface area (Å²) in [6.45, 7) is 0. The Balaban J connectivity index is 1.76. The van der Waals surface area contributed by atoms with E-state index >= 15 is 0 Å². The average Bonchev–Trinajstić information content (AvgIpc) is 2.78. The second kappa shape index (κ2) is 8.10. The van der Waals surface area contributed by atoms with Crippen LogP contribution in [0.15, 0.2) is 79.1 Å². The van der Waals surface area contributed by atoms with Crippen LogP contribution in [0, 0.1) is 0 Å². The van der Waals surface area contributed by atoms with Gasteiger partial charge in [-0.25, -0.2) is 4.79 Å². The quantitative estimate of drug-likeness (QED) is 0.419. The molecule has 144 valence electrons. The van der Waals surface area contributed by atoms with Gasteiger partial charge in [0.15, 0.2) is 0 Å². The Bertz CT molecular complexity index is 1130. The number of methoxy groups -OCH3 is 1. The van der Waals surface area contributed by atoms with Crippen LogP contribution in [-0.2, 0) is 16.0 Å². The molecule has 5 heteroatoms. The molecule has 4 aromatic rings. The maximum absolute atomic E-state index is 12.6. The van der Waals surface area contributed by atoms with Gasteiger partial charge in [0.1, 0.15) is 6.04 Å². The highest BCUT2D eigenvalue weighted by Gasteiger charge is 2.24. The molecule has 4 rings (SSSR count). The fourth-order valence-corrected chi connectivity index (χ4v) is 3.61. The molecule has 0 saturated carbocycles. The van der Waals surface area contributed by atoms with Crippen molar-refractivity contribution in [3.8, 4) is 0 Å². The van der Waals surface area contributed by atoms with Crippen molar-refractivity contribution in [1.29, 1.82) is 0 Å². The molecule has 3 aromatic carbocycles. The highest BCUT2D eigenvalue weighted by molar-refractivity contribution is 6.03. The van der Waals surface area contributed by atoms with Crippen molar-refractivity contribution in [3.05, 3.63) is 90.3 Å². The van der Waals surface area contributed by atoms with Crippen molar-refractivity contribution in [3.63, 3.8) is 0 Å². The van der Waals surface area contributed by atoms with E-state index in [0.717, 1.165) is 27.1 Å². The molecule has 1 heterocycles. The second-order valence-corrected chi connectivity index (χ2v) is 6.79. The zero-order chi connectivity index (χ0) is 20.2. The smallest absolute Gasteiger partial charge is 0.328 e. The molecule has 0 fully saturated rings. The Kier molecular flexibility index (Phi) is 5.20. The first-order valence-corrected chi connectivity index (χ1v) is 9.35. The molecule has 1 atom stereocenters. The number of nitrogens with one attached hydrogen (secondary N) is 1. The zero-order valence-electron chi connectivity index (χ0n) is 16.0. The molecule has 0 unspecified atom stereocenters. The van der Waals surface area contributed by atoms with Crippen LogP contribution in [0.3, 0.4) is 0 Å². The standard InChI is InChI=1S/C24H20N2O3/c1-29-24(28)22(26-23(27)16-10-12-25-13-11-16)15-21-19-8-4-2-6-17(19)14-18-7-3-5-9-20(18)21/h2-14,22H,15H2,1H3,(H,26,27)/t22-/m1/s1. The lowest BCUT2D eigenvalue weighted by atomic mass is 9.92. The minimum Gasteiger partial charge on any atom is -0.467 e. The van der Waals surface area contributed by atoms with Crippen LogP contribution in [0.5, 0.6) is 0 Å². The molecule has 0 bridgehead atoms. The number of benzene rings is 3. The van der Waals surface area contributed by atoms with Gasteiger partial charge in [-0.15, -0.1) is 0 Å². The number of nitrogens with zero attached hydrogens (tertiary/aromatic N) is 1. The Morgan fingerprint density at radius 2 is 1.52 bits per heavy atom. The first-order chi connectivity index (χ1) is 14.2. The number of fused-ring (bicyclic) bond motifs is 2. The summed E-state index contributed by atoms with van der Waals surface area (Å²) in [7, 11) is 1.33. The summed E-state index contributed by atoms with van der Waals surface area (Å²) < 4.78 is 4.98. The van der Waals surface area contributed by atoms with E-state index in [-0.39, 0.29) is 5.91 Å². The van der Waals surface area contributed by atoms with Crippen LogP contribution in [-0.4, -0.2) is 30.0 Å². The summed E-state index contributed by atoms with van der Waals surface area (Å²) in [6.07, 6.45) is 3.41. The third-order valence-corrected chi connectivity index (χ3v) is 5.02. The zero-order valence-corrected chi connectivity index (χ0v) is 16.0. The normalized spacial score (nSPS) is 11.9. The number of aromatic nitrogens is 1. The Labute approximate surface area is 168 Å². The maximum Gasteiger partial charge on any atom is 0.328 e. The van der Waals surface area contributed by atoms with E-state index in [0.29, 0.717) is 12.0 Å². The number of hydrogen-bond acceptors (Lipinski definition) is 4. The van der Waals surface area contributed by atoms with E-state index in [1.165, 1.54) is 7.11 Å². The fourth-order valence-electron chi connectivity index (χ4n) is 3.61. The van der Waals surface area contributed by atoms with Gasteiger partial charge in [0.2, 0.25) is 0 Å². The van der Waals surface area contributed by atoms with Crippen LogP contribution in [0.1, 0.15) is 15.9 Å². The van der Waals surface area contributed by atoms with E-state index in [1.54, 1.807) is 24.5 Å². The summed E-state index contributed by atoms with van der Waals surface area (Å²) in [5.74, 6) is -0.822. The van der Waals surface area contributed by atoms with E-state index < -0.39 is 12.0 Å². The maximum atomic E-state index is 12.6. The first-order valence-electron chi connectivity index (χ1n) is 9.35. The molecule has 1 amide bonds. The van der Waals surface area contributed by atoms with Gasteiger partial charge in [-0.1, -0.05) is 48.5 Å². The van der Waals surface area contributed by atoms with Gasteiger partial charge in [0.05, 0.1) is 7.11 Å². The molecule has 0 aliphatic rings. The lowest BCUT2D eigenvalue weighted by Crippen LogP contribution is -2.43. The number of amides is 1. The molecule has 1 aromatic heterocycles. The first kappa shape index (κ1) is 18.6. The lowest BCUT2D eigenvalue weighted by molar-refractivity contribution is -0.142. The minimum atomic E-state index is -0.810.